The van der Waals surface area contributed by atoms with Crippen LogP contribution in [0.3, 0.4) is 0 Å². The highest BCUT2D eigenvalue weighted by Crippen LogP contribution is 2.09. The van der Waals surface area contributed by atoms with Crippen LogP contribution in [0, 0.1) is 0 Å². The Morgan fingerprint density at radius 2 is 0.950 bits per heavy atom. The van der Waals surface area contributed by atoms with Gasteiger partial charge in [-0.25, -0.2) is 0 Å². The van der Waals surface area contributed by atoms with Crippen LogP contribution in [0.15, 0.2) is 0 Å². The average Bonchev–Trinajstić information content (AvgIpc) is 2.47. The van der Waals surface area contributed by atoms with Crippen molar-refractivity contribution in [2.24, 2.45) is 0 Å². The minimum absolute atomic E-state index is 0.0278. The van der Waals surface area contributed by atoms with Crippen molar-refractivity contribution in [2.45, 2.75) is 71.1 Å². The molecule has 0 aromatic carbocycles. The van der Waals surface area contributed by atoms with Crippen LogP contribution >= 0.6 is 0 Å². The van der Waals surface area contributed by atoms with Gasteiger partial charge in [-0.1, -0.05) is 64.7 Å². The van der Waals surface area contributed by atoms with E-state index >= 15 is 0 Å². The number of ether oxygens (including phenoxy) is 1. The molecule has 4 nitrogen and oxygen atoms in total. The maximum atomic E-state index is 8.57. The second-order valence-corrected chi connectivity index (χ2v) is 4.97. The number of hydrogen-bond acceptors (Lipinski definition) is 4. The third kappa shape index (κ3) is 26.4. The van der Waals surface area contributed by atoms with Gasteiger partial charge in [0.1, 0.15) is 0 Å². The Morgan fingerprint density at radius 1 is 0.550 bits per heavy atom. The SMILES string of the molecule is CCCCCCCCCCCCO.OCCOCCO. The summed E-state index contributed by atoms with van der Waals surface area (Å²) in [6.07, 6.45) is 13.3. The lowest BCUT2D eigenvalue weighted by Crippen LogP contribution is -2.03. The van der Waals surface area contributed by atoms with Gasteiger partial charge < -0.3 is 20.1 Å². The van der Waals surface area contributed by atoms with Gasteiger partial charge in [0, 0.05) is 6.61 Å². The molecule has 0 bridgehead atoms. The van der Waals surface area contributed by atoms with Crippen LogP contribution in [0.25, 0.3) is 0 Å². The lowest BCUT2D eigenvalue weighted by atomic mass is 10.1. The number of rotatable bonds is 14. The average molecular weight is 292 g/mol. The van der Waals surface area contributed by atoms with Crippen molar-refractivity contribution in [1.82, 2.24) is 0 Å². The first-order valence-electron chi connectivity index (χ1n) is 8.23. The van der Waals surface area contributed by atoms with Gasteiger partial charge in [0.2, 0.25) is 0 Å². The van der Waals surface area contributed by atoms with Crippen molar-refractivity contribution in [3.05, 3.63) is 0 Å². The van der Waals surface area contributed by atoms with E-state index in [4.69, 9.17) is 15.3 Å². The normalized spacial score (nSPS) is 10.2. The van der Waals surface area contributed by atoms with E-state index in [0.717, 1.165) is 6.42 Å². The standard InChI is InChI=1S/C12H26O.C4H10O3/c1-2-3-4-5-6-7-8-9-10-11-12-13;5-1-3-7-4-2-6/h13H,2-12H2,1H3;5-6H,1-4H2. The third-order valence-corrected chi connectivity index (χ3v) is 2.98. The molecule has 0 rings (SSSR count). The summed E-state index contributed by atoms with van der Waals surface area (Å²) in [4.78, 5) is 0. The predicted molar refractivity (Wildman–Crippen MR) is 83.9 cm³/mol. The minimum atomic E-state index is 0.0278. The summed E-state index contributed by atoms with van der Waals surface area (Å²) in [5.74, 6) is 0. The van der Waals surface area contributed by atoms with E-state index in [0.29, 0.717) is 19.8 Å². The zero-order chi connectivity index (χ0) is 15.3. The van der Waals surface area contributed by atoms with Gasteiger partial charge in [-0.15, -0.1) is 0 Å². The number of aliphatic hydroxyl groups is 3. The fourth-order valence-electron chi connectivity index (χ4n) is 1.83. The molecule has 0 unspecified atom stereocenters. The first kappa shape index (κ1) is 22.1. The Labute approximate surface area is 125 Å². The topological polar surface area (TPSA) is 69.9 Å². The van der Waals surface area contributed by atoms with Crippen molar-refractivity contribution in [3.8, 4) is 0 Å². The summed E-state index contributed by atoms with van der Waals surface area (Å²) in [6.45, 7) is 3.33. The zero-order valence-electron chi connectivity index (χ0n) is 13.4. The van der Waals surface area contributed by atoms with E-state index in [2.05, 4.69) is 11.7 Å². The highest BCUT2D eigenvalue weighted by molar-refractivity contribution is 4.46. The summed E-state index contributed by atoms with van der Waals surface area (Å²) in [7, 11) is 0. The Kier molecular flexibility index (Phi) is 26.4. The molecule has 124 valence electrons. The van der Waals surface area contributed by atoms with E-state index in [1.54, 1.807) is 0 Å². The molecule has 0 heterocycles. The van der Waals surface area contributed by atoms with Gasteiger partial charge >= 0.3 is 0 Å². The van der Waals surface area contributed by atoms with Crippen LogP contribution < -0.4 is 0 Å². The summed E-state index contributed by atoms with van der Waals surface area (Å²) in [5.41, 5.74) is 0. The van der Waals surface area contributed by atoms with Gasteiger partial charge in [0.25, 0.3) is 0 Å². The smallest absolute Gasteiger partial charge is 0.0698 e. The molecule has 0 amide bonds. The Bertz CT molecular complexity index is 128. The van der Waals surface area contributed by atoms with E-state index in [9.17, 15) is 0 Å². The van der Waals surface area contributed by atoms with Gasteiger partial charge in [0.15, 0.2) is 0 Å². The molecule has 0 radical (unpaired) electrons. The van der Waals surface area contributed by atoms with Crippen LogP contribution in [0.5, 0.6) is 0 Å². The second-order valence-electron chi connectivity index (χ2n) is 4.97. The Morgan fingerprint density at radius 3 is 1.30 bits per heavy atom. The molecular weight excluding hydrogens is 256 g/mol. The predicted octanol–water partition coefficient (Wildman–Crippen LogP) is 2.89. The molecule has 0 aromatic rings. The van der Waals surface area contributed by atoms with Crippen molar-refractivity contribution in [2.75, 3.05) is 33.0 Å². The molecule has 0 aliphatic heterocycles. The first-order chi connectivity index (χ1) is 9.83. The van der Waals surface area contributed by atoms with Crippen LogP contribution in [-0.2, 0) is 4.74 Å². The van der Waals surface area contributed by atoms with Crippen LogP contribution in [-0.4, -0.2) is 48.4 Å². The second kappa shape index (κ2) is 23.9. The summed E-state index contributed by atoms with van der Waals surface area (Å²) in [5, 5.41) is 24.7. The maximum Gasteiger partial charge on any atom is 0.0698 e. The monoisotopic (exact) mass is 292 g/mol. The van der Waals surface area contributed by atoms with Crippen molar-refractivity contribution in [3.63, 3.8) is 0 Å². The van der Waals surface area contributed by atoms with E-state index in [1.807, 2.05) is 0 Å². The molecule has 20 heavy (non-hydrogen) atoms. The lowest BCUT2D eigenvalue weighted by molar-refractivity contribution is 0.0650. The van der Waals surface area contributed by atoms with Crippen molar-refractivity contribution in [1.29, 1.82) is 0 Å². The summed E-state index contributed by atoms with van der Waals surface area (Å²) >= 11 is 0. The van der Waals surface area contributed by atoms with Crippen LogP contribution in [0.2, 0.25) is 0 Å². The van der Waals surface area contributed by atoms with E-state index < -0.39 is 0 Å². The number of aliphatic hydroxyl groups excluding tert-OH is 3. The molecule has 3 N–H and O–H groups in total. The highest BCUT2D eigenvalue weighted by Gasteiger charge is 1.91. The molecule has 0 aliphatic rings. The summed E-state index contributed by atoms with van der Waals surface area (Å²) < 4.78 is 4.63. The zero-order valence-corrected chi connectivity index (χ0v) is 13.4. The molecule has 0 aromatic heterocycles. The molecule has 0 spiro atoms. The van der Waals surface area contributed by atoms with Crippen molar-refractivity contribution >= 4 is 0 Å². The van der Waals surface area contributed by atoms with Crippen LogP contribution in [0.1, 0.15) is 71.1 Å². The molecular formula is C16H36O4. The first-order valence-corrected chi connectivity index (χ1v) is 8.23. The largest absolute Gasteiger partial charge is 0.396 e. The maximum absolute atomic E-state index is 8.57. The highest BCUT2D eigenvalue weighted by atomic mass is 16.5. The molecule has 4 heteroatoms. The summed E-state index contributed by atoms with van der Waals surface area (Å²) in [6, 6.07) is 0. The molecule has 0 fully saturated rings. The van der Waals surface area contributed by atoms with Crippen LogP contribution in [0.4, 0.5) is 0 Å². The molecule has 0 atom stereocenters. The van der Waals surface area contributed by atoms with Gasteiger partial charge in [-0.2, -0.15) is 0 Å². The van der Waals surface area contributed by atoms with Gasteiger partial charge in [-0.3, -0.25) is 0 Å². The minimum Gasteiger partial charge on any atom is -0.396 e. The Hall–Kier alpha value is -0.160. The molecule has 0 saturated carbocycles. The molecule has 0 aliphatic carbocycles. The fourth-order valence-corrected chi connectivity index (χ4v) is 1.83. The van der Waals surface area contributed by atoms with Gasteiger partial charge in [-0.05, 0) is 6.42 Å². The van der Waals surface area contributed by atoms with E-state index in [-0.39, 0.29) is 13.2 Å². The molecule has 0 saturated heterocycles. The lowest BCUT2D eigenvalue weighted by Gasteiger charge is -2.00. The van der Waals surface area contributed by atoms with Crippen molar-refractivity contribution < 1.29 is 20.1 Å². The van der Waals surface area contributed by atoms with E-state index in [1.165, 1.54) is 57.8 Å². The number of unbranched alkanes of at least 4 members (excludes halogenated alkanes) is 9. The fraction of sp³-hybridized carbons (Fsp3) is 1.00. The Balaban J connectivity index is 0. The van der Waals surface area contributed by atoms with Gasteiger partial charge in [0.05, 0.1) is 26.4 Å². The third-order valence-electron chi connectivity index (χ3n) is 2.98. The number of hydrogen-bond donors (Lipinski definition) is 3. The quantitative estimate of drug-likeness (QED) is 0.431.